The lowest BCUT2D eigenvalue weighted by Crippen LogP contribution is -2.28. The molecule has 0 aliphatic heterocycles. The minimum absolute atomic E-state index is 0.253. The molecular weight excluding hydrogens is 317 g/mol. The monoisotopic (exact) mass is 328 g/mol. The number of carboxylic acids is 1. The van der Waals surface area contributed by atoms with Crippen LogP contribution in [0.4, 0.5) is 13.2 Å². The second-order valence-corrected chi connectivity index (χ2v) is 7.89. The molecule has 0 heterocycles. The van der Waals surface area contributed by atoms with Crippen LogP contribution in [0.2, 0.25) is 0 Å². The Morgan fingerprint density at radius 2 is 1.70 bits per heavy atom. The fourth-order valence-electron chi connectivity index (χ4n) is 1.20. The number of halogens is 3. The summed E-state index contributed by atoms with van der Waals surface area (Å²) in [5.74, 6) is -1.26. The van der Waals surface area contributed by atoms with Gasteiger partial charge < -0.3 is 5.11 Å². The van der Waals surface area contributed by atoms with Crippen molar-refractivity contribution in [3.8, 4) is 0 Å². The summed E-state index contributed by atoms with van der Waals surface area (Å²) in [5.41, 5.74) is -5.43. The number of hydrogen-bond acceptors (Lipinski definition) is 4. The van der Waals surface area contributed by atoms with Gasteiger partial charge in [-0.3, -0.25) is 4.79 Å². The van der Waals surface area contributed by atoms with Crippen LogP contribution in [0, 0.1) is 0 Å². The summed E-state index contributed by atoms with van der Waals surface area (Å²) in [6.07, 6.45) is 0. The first-order valence-electron chi connectivity index (χ1n) is 5.22. The molecule has 0 atom stereocenters. The van der Waals surface area contributed by atoms with E-state index in [9.17, 15) is 26.4 Å². The molecule has 20 heavy (non-hydrogen) atoms. The third-order valence-corrected chi connectivity index (χ3v) is 5.26. The maximum Gasteiger partial charge on any atom is 0.501 e. The van der Waals surface area contributed by atoms with E-state index in [2.05, 4.69) is 0 Å². The van der Waals surface area contributed by atoms with Gasteiger partial charge in [0.2, 0.25) is 0 Å². The topological polar surface area (TPSA) is 71.4 Å². The molecule has 0 spiro atoms. The van der Waals surface area contributed by atoms with Gasteiger partial charge >= 0.3 is 11.5 Å². The average Bonchev–Trinajstić information content (AvgIpc) is 2.27. The van der Waals surface area contributed by atoms with Crippen LogP contribution in [0.1, 0.15) is 13.8 Å². The molecule has 0 amide bonds. The van der Waals surface area contributed by atoms with Gasteiger partial charge in [0, 0.05) is 4.90 Å². The second-order valence-electron chi connectivity index (χ2n) is 4.31. The molecule has 1 aromatic carbocycles. The van der Waals surface area contributed by atoms with E-state index in [1.165, 1.54) is 19.9 Å². The van der Waals surface area contributed by atoms with Gasteiger partial charge in [0.15, 0.2) is 0 Å². The van der Waals surface area contributed by atoms with Crippen LogP contribution in [0.25, 0.3) is 0 Å². The minimum atomic E-state index is -5.52. The first kappa shape index (κ1) is 16.8. The molecule has 0 aromatic heterocycles. The van der Waals surface area contributed by atoms with Crippen molar-refractivity contribution in [2.24, 2.45) is 0 Å². The molecule has 0 aliphatic rings. The van der Waals surface area contributed by atoms with Gasteiger partial charge in [-0.05, 0) is 26.0 Å². The van der Waals surface area contributed by atoms with Crippen molar-refractivity contribution in [3.05, 3.63) is 24.3 Å². The lowest BCUT2D eigenvalue weighted by atomic mass is 10.2. The van der Waals surface area contributed by atoms with Crippen LogP contribution in [0.15, 0.2) is 34.1 Å². The van der Waals surface area contributed by atoms with Crippen LogP contribution in [0.5, 0.6) is 0 Å². The smallest absolute Gasteiger partial charge is 0.480 e. The van der Waals surface area contributed by atoms with Crippen molar-refractivity contribution in [1.29, 1.82) is 0 Å². The zero-order chi connectivity index (χ0) is 15.8. The Balaban J connectivity index is 3.37. The van der Waals surface area contributed by atoms with E-state index in [4.69, 9.17) is 5.11 Å². The highest BCUT2D eigenvalue weighted by Gasteiger charge is 2.48. The van der Waals surface area contributed by atoms with Crippen LogP contribution in [-0.4, -0.2) is 29.7 Å². The molecule has 0 bridgehead atoms. The van der Waals surface area contributed by atoms with Crippen LogP contribution in [-0.2, 0) is 14.6 Å². The Labute approximate surface area is 117 Å². The Kier molecular flexibility index (Phi) is 4.45. The lowest BCUT2D eigenvalue weighted by Gasteiger charge is -2.20. The fraction of sp³-hybridized carbons (Fsp3) is 0.364. The van der Waals surface area contributed by atoms with E-state index in [-0.39, 0.29) is 4.90 Å². The predicted octanol–water partition coefficient (Wildman–Crippen LogP) is 2.94. The Hall–Kier alpha value is -1.22. The highest BCUT2D eigenvalue weighted by Crippen LogP contribution is 2.40. The summed E-state index contributed by atoms with van der Waals surface area (Å²) < 4.78 is 59.2. The van der Waals surface area contributed by atoms with E-state index >= 15 is 0 Å². The average molecular weight is 328 g/mol. The molecular formula is C11H11F3O4S2. The lowest BCUT2D eigenvalue weighted by molar-refractivity contribution is -0.138. The molecule has 0 unspecified atom stereocenters. The first-order valence-corrected chi connectivity index (χ1v) is 7.52. The molecule has 9 heteroatoms. The Bertz CT molecular complexity index is 621. The van der Waals surface area contributed by atoms with E-state index in [0.29, 0.717) is 11.8 Å². The van der Waals surface area contributed by atoms with Crippen LogP contribution >= 0.6 is 11.8 Å². The first-order chi connectivity index (χ1) is 8.89. The molecule has 1 rings (SSSR count). The molecule has 4 nitrogen and oxygen atoms in total. The third kappa shape index (κ3) is 3.26. The molecule has 112 valence electrons. The summed E-state index contributed by atoms with van der Waals surface area (Å²) in [5, 5.41) is 8.96. The quantitative estimate of drug-likeness (QED) is 0.861. The molecule has 1 N–H and O–H groups in total. The maximum absolute atomic E-state index is 12.6. The minimum Gasteiger partial charge on any atom is -0.480 e. The van der Waals surface area contributed by atoms with Crippen molar-refractivity contribution >= 4 is 27.6 Å². The van der Waals surface area contributed by atoms with Crippen molar-refractivity contribution < 1.29 is 31.5 Å². The SMILES string of the molecule is CC(C)(Sc1ccccc1S(=O)(=O)C(F)(F)F)C(=O)O. The summed E-state index contributed by atoms with van der Waals surface area (Å²) in [7, 11) is -5.52. The number of benzene rings is 1. The maximum atomic E-state index is 12.6. The normalized spacial score (nSPS) is 13.2. The zero-order valence-corrected chi connectivity index (χ0v) is 12.1. The van der Waals surface area contributed by atoms with Crippen molar-refractivity contribution in [2.45, 2.75) is 33.9 Å². The van der Waals surface area contributed by atoms with Gasteiger partial charge in [-0.1, -0.05) is 12.1 Å². The highest BCUT2D eigenvalue weighted by molar-refractivity contribution is 8.02. The molecule has 1 aromatic rings. The summed E-state index contributed by atoms with van der Waals surface area (Å²) in [6.45, 7) is 2.55. The van der Waals surface area contributed by atoms with Crippen molar-refractivity contribution in [3.63, 3.8) is 0 Å². The molecule has 0 radical (unpaired) electrons. The number of carboxylic acid groups (broad SMARTS) is 1. The Morgan fingerprint density at radius 3 is 2.15 bits per heavy atom. The van der Waals surface area contributed by atoms with Gasteiger partial charge in [-0.15, -0.1) is 11.8 Å². The molecule has 0 aliphatic carbocycles. The van der Waals surface area contributed by atoms with E-state index in [1.807, 2.05) is 0 Å². The fourth-order valence-corrected chi connectivity index (χ4v) is 3.45. The van der Waals surface area contributed by atoms with Crippen molar-refractivity contribution in [2.75, 3.05) is 0 Å². The predicted molar refractivity (Wildman–Crippen MR) is 67.3 cm³/mol. The van der Waals surface area contributed by atoms with Gasteiger partial charge in [-0.2, -0.15) is 13.2 Å². The zero-order valence-electron chi connectivity index (χ0n) is 10.4. The highest BCUT2D eigenvalue weighted by atomic mass is 32.2. The number of alkyl halides is 3. The van der Waals surface area contributed by atoms with Gasteiger partial charge in [0.25, 0.3) is 9.84 Å². The number of sulfone groups is 1. The van der Waals surface area contributed by atoms with Crippen molar-refractivity contribution in [1.82, 2.24) is 0 Å². The third-order valence-electron chi connectivity index (χ3n) is 2.32. The van der Waals surface area contributed by atoms with E-state index in [1.54, 1.807) is 0 Å². The van der Waals surface area contributed by atoms with E-state index < -0.39 is 31.0 Å². The molecule has 0 fully saturated rings. The molecule has 0 saturated carbocycles. The summed E-state index contributed by atoms with van der Waals surface area (Å²) in [4.78, 5) is 9.80. The van der Waals surface area contributed by atoms with Crippen LogP contribution < -0.4 is 0 Å². The summed E-state index contributed by atoms with van der Waals surface area (Å²) in [6, 6.07) is 4.45. The number of carbonyl (C=O) groups is 1. The van der Waals surface area contributed by atoms with Gasteiger partial charge in [-0.25, -0.2) is 8.42 Å². The summed E-state index contributed by atoms with van der Waals surface area (Å²) >= 11 is 0.545. The van der Waals surface area contributed by atoms with E-state index in [0.717, 1.165) is 18.2 Å². The second kappa shape index (κ2) is 5.28. The Morgan fingerprint density at radius 1 is 1.20 bits per heavy atom. The number of thioether (sulfide) groups is 1. The van der Waals surface area contributed by atoms with Gasteiger partial charge in [0.05, 0.1) is 4.90 Å². The molecule has 0 saturated heterocycles. The number of hydrogen-bond donors (Lipinski definition) is 1. The largest absolute Gasteiger partial charge is 0.501 e. The number of aliphatic carboxylic acids is 1. The van der Waals surface area contributed by atoms with Crippen LogP contribution in [0.3, 0.4) is 0 Å². The number of rotatable bonds is 4. The van der Waals surface area contributed by atoms with Gasteiger partial charge in [0.1, 0.15) is 4.75 Å². The standard InChI is InChI=1S/C11H11F3O4S2/c1-10(2,9(15)16)19-7-5-3-4-6-8(7)20(17,18)11(12,13)14/h3-6H,1-2H3,(H,15,16).